The highest BCUT2D eigenvalue weighted by Crippen LogP contribution is 2.30. The third kappa shape index (κ3) is 3.99. The summed E-state index contributed by atoms with van der Waals surface area (Å²) in [5.74, 6) is 0.765. The van der Waals surface area contributed by atoms with Gasteiger partial charge in [-0.2, -0.15) is 0 Å². The summed E-state index contributed by atoms with van der Waals surface area (Å²) in [7, 11) is 1.51. The standard InChI is InChI=1S/C14H14BrNO5/c1-19-10-3-2-9(8-12(10)20-7-6-17)16-14(18)11-4-5-13(15)21-11/h2-5,8,17H,6-7H2,1H3,(H,16,18). The number of anilines is 1. The molecule has 0 radical (unpaired) electrons. The van der Waals surface area contributed by atoms with E-state index in [-0.39, 0.29) is 24.9 Å². The zero-order valence-electron chi connectivity index (χ0n) is 11.3. The number of methoxy groups -OCH3 is 1. The number of hydrogen-bond donors (Lipinski definition) is 2. The van der Waals surface area contributed by atoms with Gasteiger partial charge in [0.25, 0.3) is 5.91 Å². The van der Waals surface area contributed by atoms with Crippen molar-refractivity contribution in [2.75, 3.05) is 25.6 Å². The van der Waals surface area contributed by atoms with Crippen LogP contribution in [-0.2, 0) is 0 Å². The number of aliphatic hydroxyl groups excluding tert-OH is 1. The van der Waals surface area contributed by atoms with Gasteiger partial charge in [-0.05, 0) is 40.2 Å². The van der Waals surface area contributed by atoms with Crippen LogP contribution in [0.4, 0.5) is 5.69 Å². The molecule has 2 rings (SSSR count). The Kier molecular flexibility index (Phi) is 5.24. The maximum absolute atomic E-state index is 12.0. The van der Waals surface area contributed by atoms with Crippen molar-refractivity contribution in [2.24, 2.45) is 0 Å². The number of hydrogen-bond acceptors (Lipinski definition) is 5. The van der Waals surface area contributed by atoms with Gasteiger partial charge < -0.3 is 24.3 Å². The van der Waals surface area contributed by atoms with Crippen molar-refractivity contribution in [3.8, 4) is 11.5 Å². The zero-order chi connectivity index (χ0) is 15.2. The molecule has 112 valence electrons. The van der Waals surface area contributed by atoms with Crippen LogP contribution in [0.15, 0.2) is 39.4 Å². The Labute approximate surface area is 129 Å². The van der Waals surface area contributed by atoms with Gasteiger partial charge in [0.2, 0.25) is 0 Å². The molecule has 0 saturated carbocycles. The number of rotatable bonds is 6. The molecule has 1 aromatic carbocycles. The number of ether oxygens (including phenoxy) is 2. The molecule has 7 heteroatoms. The van der Waals surface area contributed by atoms with Crippen molar-refractivity contribution in [2.45, 2.75) is 0 Å². The van der Waals surface area contributed by atoms with Crippen LogP contribution in [0.2, 0.25) is 0 Å². The summed E-state index contributed by atoms with van der Waals surface area (Å²) in [4.78, 5) is 12.0. The topological polar surface area (TPSA) is 80.9 Å². The predicted molar refractivity (Wildman–Crippen MR) is 79.9 cm³/mol. The normalized spacial score (nSPS) is 10.2. The number of aliphatic hydroxyl groups is 1. The molecule has 0 unspecified atom stereocenters. The summed E-state index contributed by atoms with van der Waals surface area (Å²) in [5, 5.41) is 11.5. The first-order valence-corrected chi connectivity index (χ1v) is 6.91. The lowest BCUT2D eigenvalue weighted by Gasteiger charge is -2.11. The summed E-state index contributed by atoms with van der Waals surface area (Å²) < 4.78 is 16.2. The number of nitrogens with one attached hydrogen (secondary N) is 1. The minimum absolute atomic E-state index is 0.111. The number of carbonyl (C=O) groups is 1. The summed E-state index contributed by atoms with van der Waals surface area (Å²) in [6.45, 7) is 0.0268. The van der Waals surface area contributed by atoms with Crippen LogP contribution >= 0.6 is 15.9 Å². The average molecular weight is 356 g/mol. The van der Waals surface area contributed by atoms with E-state index in [9.17, 15) is 4.79 Å². The fourth-order valence-corrected chi connectivity index (χ4v) is 1.96. The highest BCUT2D eigenvalue weighted by molar-refractivity contribution is 9.10. The minimum atomic E-state index is -0.376. The van der Waals surface area contributed by atoms with Crippen molar-refractivity contribution in [3.63, 3.8) is 0 Å². The minimum Gasteiger partial charge on any atom is -0.493 e. The van der Waals surface area contributed by atoms with Crippen LogP contribution in [0, 0.1) is 0 Å². The van der Waals surface area contributed by atoms with Crippen molar-refractivity contribution < 1.29 is 23.8 Å². The maximum atomic E-state index is 12.0. The Morgan fingerprint density at radius 1 is 1.33 bits per heavy atom. The molecule has 0 fully saturated rings. The van der Waals surface area contributed by atoms with Gasteiger partial charge in [0.05, 0.1) is 13.7 Å². The van der Waals surface area contributed by atoms with Gasteiger partial charge in [-0.1, -0.05) is 0 Å². The van der Waals surface area contributed by atoms with E-state index in [4.69, 9.17) is 19.0 Å². The highest BCUT2D eigenvalue weighted by Gasteiger charge is 2.12. The van der Waals surface area contributed by atoms with Gasteiger partial charge in [-0.3, -0.25) is 4.79 Å². The third-order valence-corrected chi connectivity index (χ3v) is 2.99. The van der Waals surface area contributed by atoms with Gasteiger partial charge in [-0.15, -0.1) is 0 Å². The van der Waals surface area contributed by atoms with E-state index >= 15 is 0 Å². The highest BCUT2D eigenvalue weighted by atomic mass is 79.9. The van der Waals surface area contributed by atoms with Crippen LogP contribution in [0.1, 0.15) is 10.6 Å². The molecule has 0 spiro atoms. The molecular weight excluding hydrogens is 342 g/mol. The Morgan fingerprint density at radius 2 is 2.14 bits per heavy atom. The summed E-state index contributed by atoms with van der Waals surface area (Å²) in [6.07, 6.45) is 0. The second kappa shape index (κ2) is 7.14. The van der Waals surface area contributed by atoms with Crippen LogP contribution in [-0.4, -0.2) is 31.3 Å². The zero-order valence-corrected chi connectivity index (χ0v) is 12.8. The number of furan rings is 1. The SMILES string of the molecule is COc1ccc(NC(=O)c2ccc(Br)o2)cc1OCCO. The molecule has 0 aliphatic heterocycles. The lowest BCUT2D eigenvalue weighted by atomic mass is 10.2. The molecule has 21 heavy (non-hydrogen) atoms. The van der Waals surface area contributed by atoms with Crippen LogP contribution in [0.25, 0.3) is 0 Å². The van der Waals surface area contributed by atoms with Crippen molar-refractivity contribution in [1.82, 2.24) is 0 Å². The summed E-state index contributed by atoms with van der Waals surface area (Å²) in [5.41, 5.74) is 0.529. The summed E-state index contributed by atoms with van der Waals surface area (Å²) >= 11 is 3.14. The van der Waals surface area contributed by atoms with Crippen molar-refractivity contribution in [1.29, 1.82) is 0 Å². The van der Waals surface area contributed by atoms with E-state index in [0.29, 0.717) is 21.9 Å². The van der Waals surface area contributed by atoms with Crippen LogP contribution < -0.4 is 14.8 Å². The molecule has 2 aromatic rings. The van der Waals surface area contributed by atoms with Crippen LogP contribution in [0.5, 0.6) is 11.5 Å². The first kappa shape index (κ1) is 15.4. The van der Waals surface area contributed by atoms with Crippen molar-refractivity contribution >= 4 is 27.5 Å². The van der Waals surface area contributed by atoms with Gasteiger partial charge >= 0.3 is 0 Å². The monoisotopic (exact) mass is 355 g/mol. The lowest BCUT2D eigenvalue weighted by molar-refractivity contribution is 0.0995. The molecule has 0 aliphatic rings. The quantitative estimate of drug-likeness (QED) is 0.832. The molecule has 2 N–H and O–H groups in total. The number of amides is 1. The molecule has 1 aromatic heterocycles. The molecular formula is C14H14BrNO5. The third-order valence-electron chi connectivity index (χ3n) is 2.57. The molecule has 0 bridgehead atoms. The Morgan fingerprint density at radius 3 is 2.76 bits per heavy atom. The molecule has 1 amide bonds. The fourth-order valence-electron chi connectivity index (χ4n) is 1.65. The van der Waals surface area contributed by atoms with E-state index in [1.54, 1.807) is 30.3 Å². The number of halogens is 1. The van der Waals surface area contributed by atoms with Gasteiger partial charge in [-0.25, -0.2) is 0 Å². The second-order valence-electron chi connectivity index (χ2n) is 4.00. The van der Waals surface area contributed by atoms with E-state index in [1.165, 1.54) is 7.11 Å². The van der Waals surface area contributed by atoms with Gasteiger partial charge in [0.15, 0.2) is 21.9 Å². The Balaban J connectivity index is 2.14. The molecule has 1 heterocycles. The van der Waals surface area contributed by atoms with Crippen molar-refractivity contribution in [3.05, 3.63) is 40.8 Å². The lowest BCUT2D eigenvalue weighted by Crippen LogP contribution is -2.11. The number of carbonyl (C=O) groups excluding carboxylic acids is 1. The van der Waals surface area contributed by atoms with E-state index in [0.717, 1.165) is 0 Å². The predicted octanol–water partition coefficient (Wildman–Crippen LogP) is 2.67. The first-order valence-electron chi connectivity index (χ1n) is 6.12. The molecule has 6 nitrogen and oxygen atoms in total. The first-order chi connectivity index (χ1) is 10.1. The van der Waals surface area contributed by atoms with E-state index < -0.39 is 0 Å². The second-order valence-corrected chi connectivity index (χ2v) is 4.78. The van der Waals surface area contributed by atoms with Gasteiger partial charge in [0.1, 0.15) is 6.61 Å². The Bertz CT molecular complexity index is 626. The fraction of sp³-hybridized carbons (Fsp3) is 0.214. The number of benzene rings is 1. The van der Waals surface area contributed by atoms with E-state index in [1.807, 2.05) is 0 Å². The van der Waals surface area contributed by atoms with Gasteiger partial charge in [0, 0.05) is 11.8 Å². The molecule has 0 saturated heterocycles. The largest absolute Gasteiger partial charge is 0.493 e. The molecule has 0 aliphatic carbocycles. The Hall–Kier alpha value is -1.99. The average Bonchev–Trinajstić information content (AvgIpc) is 2.92. The van der Waals surface area contributed by atoms with E-state index in [2.05, 4.69) is 21.2 Å². The maximum Gasteiger partial charge on any atom is 0.291 e. The van der Waals surface area contributed by atoms with Crippen LogP contribution in [0.3, 0.4) is 0 Å². The molecule has 0 atom stereocenters. The smallest absolute Gasteiger partial charge is 0.291 e. The summed E-state index contributed by atoms with van der Waals surface area (Å²) in [6, 6.07) is 8.16.